The van der Waals surface area contributed by atoms with Gasteiger partial charge in [-0.05, 0) is 18.2 Å². The van der Waals surface area contributed by atoms with Gasteiger partial charge in [-0.1, -0.05) is 0 Å². The maximum absolute atomic E-state index is 12.4. The number of carboxylic acids is 1. The molecule has 0 unspecified atom stereocenters. The third-order valence-corrected chi connectivity index (χ3v) is 5.93. The first-order chi connectivity index (χ1) is 8.93. The van der Waals surface area contributed by atoms with Crippen molar-refractivity contribution >= 4 is 27.8 Å². The zero-order valence-corrected chi connectivity index (χ0v) is 12.2. The van der Waals surface area contributed by atoms with E-state index in [1.165, 1.54) is 28.2 Å². The number of rotatable bonds is 3. The fraction of sp³-hybridized carbons (Fsp3) is 0.545. The van der Waals surface area contributed by atoms with Crippen LogP contribution in [-0.4, -0.2) is 53.0 Å². The van der Waals surface area contributed by atoms with Gasteiger partial charge in [-0.25, -0.2) is 13.2 Å². The van der Waals surface area contributed by atoms with Gasteiger partial charge in [-0.3, -0.25) is 0 Å². The number of thioether (sulfide) groups is 1. The summed E-state index contributed by atoms with van der Waals surface area (Å²) in [5.74, 6) is 0.606. The lowest BCUT2D eigenvalue weighted by Gasteiger charge is -2.18. The number of aryl methyl sites for hydroxylation is 1. The Balaban J connectivity index is 2.33. The van der Waals surface area contributed by atoms with Crippen molar-refractivity contribution in [2.45, 2.75) is 11.3 Å². The van der Waals surface area contributed by atoms with Gasteiger partial charge in [0.15, 0.2) is 0 Å². The Morgan fingerprint density at radius 2 is 2.11 bits per heavy atom. The standard InChI is InChI=1S/C11H16N2O4S2/c1-12-8-9(7-10(12)11(14)15)19(16,17)13-3-2-5-18-6-4-13/h7-8H,2-6H2,1H3,(H,14,15). The van der Waals surface area contributed by atoms with Crippen LogP contribution in [0.2, 0.25) is 0 Å². The molecule has 106 valence electrons. The maximum atomic E-state index is 12.4. The lowest BCUT2D eigenvalue weighted by molar-refractivity contribution is 0.0686. The number of carbonyl (C=O) groups is 1. The van der Waals surface area contributed by atoms with Crippen LogP contribution >= 0.6 is 11.8 Å². The van der Waals surface area contributed by atoms with Crippen molar-refractivity contribution in [1.82, 2.24) is 8.87 Å². The molecule has 0 amide bonds. The summed E-state index contributed by atoms with van der Waals surface area (Å²) in [6, 6.07) is 1.22. The molecule has 2 heterocycles. The summed E-state index contributed by atoms with van der Waals surface area (Å²) < 4.78 is 27.6. The molecule has 1 aliphatic rings. The molecular weight excluding hydrogens is 288 g/mol. The second kappa shape index (κ2) is 5.56. The van der Waals surface area contributed by atoms with Gasteiger partial charge >= 0.3 is 5.97 Å². The molecule has 0 atom stereocenters. The molecule has 0 bridgehead atoms. The molecule has 0 aliphatic carbocycles. The predicted octanol–water partition coefficient (Wildman–Crippen LogP) is 0.851. The summed E-state index contributed by atoms with van der Waals surface area (Å²) in [5, 5.41) is 8.97. The second-order valence-corrected chi connectivity index (χ2v) is 7.51. The monoisotopic (exact) mass is 304 g/mol. The molecule has 1 aromatic rings. The number of aromatic carboxylic acids is 1. The van der Waals surface area contributed by atoms with E-state index in [0.29, 0.717) is 13.1 Å². The first-order valence-electron chi connectivity index (χ1n) is 5.90. The molecule has 1 aliphatic heterocycles. The lowest BCUT2D eigenvalue weighted by atomic mass is 10.4. The molecule has 6 nitrogen and oxygen atoms in total. The van der Waals surface area contributed by atoms with Gasteiger partial charge in [-0.15, -0.1) is 0 Å². The second-order valence-electron chi connectivity index (χ2n) is 4.35. The van der Waals surface area contributed by atoms with E-state index >= 15 is 0 Å². The van der Waals surface area contributed by atoms with Crippen molar-refractivity contribution < 1.29 is 18.3 Å². The Morgan fingerprint density at radius 3 is 2.74 bits per heavy atom. The maximum Gasteiger partial charge on any atom is 0.352 e. The number of hydrogen-bond acceptors (Lipinski definition) is 4. The quantitative estimate of drug-likeness (QED) is 0.895. The summed E-state index contributed by atoms with van der Waals surface area (Å²) in [5.41, 5.74) is -0.0252. The van der Waals surface area contributed by atoms with E-state index in [4.69, 9.17) is 5.11 Å². The molecule has 0 saturated carbocycles. The average molecular weight is 304 g/mol. The molecule has 0 aromatic carbocycles. The molecule has 19 heavy (non-hydrogen) atoms. The Bertz CT molecular complexity index is 572. The van der Waals surface area contributed by atoms with Crippen molar-refractivity contribution in [3.05, 3.63) is 18.0 Å². The Morgan fingerprint density at radius 1 is 1.37 bits per heavy atom. The van der Waals surface area contributed by atoms with Crippen LogP contribution in [0.3, 0.4) is 0 Å². The molecule has 1 saturated heterocycles. The molecule has 1 fully saturated rings. The summed E-state index contributed by atoms with van der Waals surface area (Å²) in [7, 11) is -2.06. The van der Waals surface area contributed by atoms with Gasteiger partial charge < -0.3 is 9.67 Å². The fourth-order valence-corrected chi connectivity index (χ4v) is 4.55. The van der Waals surface area contributed by atoms with E-state index in [0.717, 1.165) is 17.9 Å². The molecule has 8 heteroatoms. The van der Waals surface area contributed by atoms with Gasteiger partial charge in [0, 0.05) is 32.1 Å². The highest BCUT2D eigenvalue weighted by Gasteiger charge is 2.27. The lowest BCUT2D eigenvalue weighted by Crippen LogP contribution is -2.32. The first kappa shape index (κ1) is 14.4. The van der Waals surface area contributed by atoms with Crippen LogP contribution in [0.15, 0.2) is 17.2 Å². The number of aromatic nitrogens is 1. The first-order valence-corrected chi connectivity index (χ1v) is 8.50. The molecule has 2 rings (SSSR count). The highest BCUT2D eigenvalue weighted by molar-refractivity contribution is 7.99. The topological polar surface area (TPSA) is 79.6 Å². The van der Waals surface area contributed by atoms with E-state index in [-0.39, 0.29) is 10.6 Å². The summed E-state index contributed by atoms with van der Waals surface area (Å²) in [6.45, 7) is 0.969. The van der Waals surface area contributed by atoms with Crippen molar-refractivity contribution in [1.29, 1.82) is 0 Å². The van der Waals surface area contributed by atoms with E-state index in [1.807, 2.05) is 0 Å². The zero-order valence-electron chi connectivity index (χ0n) is 10.6. The van der Waals surface area contributed by atoms with Crippen LogP contribution in [-0.2, 0) is 17.1 Å². The fourth-order valence-electron chi connectivity index (χ4n) is 2.00. The van der Waals surface area contributed by atoms with Crippen LogP contribution < -0.4 is 0 Å². The summed E-state index contributed by atoms with van der Waals surface area (Å²) in [6.07, 6.45) is 2.18. The van der Waals surface area contributed by atoms with E-state index in [1.54, 1.807) is 11.8 Å². The number of hydrogen-bond donors (Lipinski definition) is 1. The van der Waals surface area contributed by atoms with E-state index in [9.17, 15) is 13.2 Å². The number of carboxylic acid groups (broad SMARTS) is 1. The predicted molar refractivity (Wildman–Crippen MR) is 73.1 cm³/mol. The largest absolute Gasteiger partial charge is 0.477 e. The molecule has 1 aromatic heterocycles. The Labute approximate surface area is 116 Å². The van der Waals surface area contributed by atoms with Crippen molar-refractivity contribution in [2.75, 3.05) is 24.6 Å². The van der Waals surface area contributed by atoms with Crippen molar-refractivity contribution in [3.8, 4) is 0 Å². The minimum atomic E-state index is -3.58. The smallest absolute Gasteiger partial charge is 0.352 e. The van der Waals surface area contributed by atoms with Gasteiger partial charge in [0.2, 0.25) is 10.0 Å². The SMILES string of the molecule is Cn1cc(S(=O)(=O)N2CCCSCC2)cc1C(=O)O. The molecule has 0 radical (unpaired) electrons. The van der Waals surface area contributed by atoms with Crippen molar-refractivity contribution in [2.24, 2.45) is 7.05 Å². The highest BCUT2D eigenvalue weighted by atomic mass is 32.2. The van der Waals surface area contributed by atoms with Gasteiger partial charge in [0.1, 0.15) is 10.6 Å². The Hall–Kier alpha value is -0.990. The van der Waals surface area contributed by atoms with Crippen molar-refractivity contribution in [3.63, 3.8) is 0 Å². The Kier molecular flexibility index (Phi) is 4.22. The van der Waals surface area contributed by atoms with Gasteiger partial charge in [0.25, 0.3) is 0 Å². The molecule has 0 spiro atoms. The molecule has 1 N–H and O–H groups in total. The van der Waals surface area contributed by atoms with Crippen LogP contribution in [0.25, 0.3) is 0 Å². The third-order valence-electron chi connectivity index (χ3n) is 3.02. The van der Waals surface area contributed by atoms with Crippen LogP contribution in [0, 0.1) is 0 Å². The van der Waals surface area contributed by atoms with Crippen LogP contribution in [0.4, 0.5) is 0 Å². The van der Waals surface area contributed by atoms with E-state index in [2.05, 4.69) is 0 Å². The number of nitrogens with zero attached hydrogens (tertiary/aromatic N) is 2. The highest BCUT2D eigenvalue weighted by Crippen LogP contribution is 2.21. The summed E-state index contributed by atoms with van der Waals surface area (Å²) in [4.78, 5) is 11.0. The minimum absolute atomic E-state index is 0.0252. The third kappa shape index (κ3) is 2.96. The zero-order chi connectivity index (χ0) is 14.0. The molecular formula is C11H16N2O4S2. The van der Waals surface area contributed by atoms with Gasteiger partial charge in [0.05, 0.1) is 0 Å². The normalized spacial score (nSPS) is 18.2. The summed E-state index contributed by atoms with van der Waals surface area (Å²) >= 11 is 1.74. The van der Waals surface area contributed by atoms with Crippen LogP contribution in [0.5, 0.6) is 0 Å². The van der Waals surface area contributed by atoms with E-state index < -0.39 is 16.0 Å². The minimum Gasteiger partial charge on any atom is -0.477 e. The van der Waals surface area contributed by atoms with Gasteiger partial charge in [-0.2, -0.15) is 16.1 Å². The average Bonchev–Trinajstić information content (AvgIpc) is 2.58. The number of sulfonamides is 1. The van der Waals surface area contributed by atoms with Crippen LogP contribution in [0.1, 0.15) is 16.9 Å².